The van der Waals surface area contributed by atoms with Crippen LogP contribution in [-0.4, -0.2) is 42.8 Å². The maximum atomic E-state index is 12.5. The van der Waals surface area contributed by atoms with Crippen molar-refractivity contribution in [3.05, 3.63) is 35.4 Å². The van der Waals surface area contributed by atoms with E-state index in [0.717, 1.165) is 25.9 Å². The van der Waals surface area contributed by atoms with Gasteiger partial charge < -0.3 is 10.2 Å². The first-order chi connectivity index (χ1) is 9.13. The molecular formula is C15H21ClN2O2. The van der Waals surface area contributed by atoms with Crippen molar-refractivity contribution in [2.75, 3.05) is 20.1 Å². The molecule has 0 aliphatic carbocycles. The molecule has 1 N–H and O–H groups in total. The van der Waals surface area contributed by atoms with E-state index in [1.165, 1.54) is 6.92 Å². The molecule has 1 saturated heterocycles. The fraction of sp³-hybridized carbons (Fsp3) is 0.467. The average molecular weight is 297 g/mol. The average Bonchev–Trinajstić information content (AvgIpc) is 2.46. The van der Waals surface area contributed by atoms with Crippen molar-refractivity contribution >= 4 is 24.1 Å². The Morgan fingerprint density at radius 2 is 1.70 bits per heavy atom. The van der Waals surface area contributed by atoms with Crippen molar-refractivity contribution in [1.29, 1.82) is 0 Å². The highest BCUT2D eigenvalue weighted by molar-refractivity contribution is 6.07. The van der Waals surface area contributed by atoms with E-state index in [2.05, 4.69) is 5.32 Å². The van der Waals surface area contributed by atoms with Gasteiger partial charge in [0.25, 0.3) is 5.91 Å². The molecule has 0 saturated carbocycles. The number of likely N-dealkylation sites (tertiary alicyclic amines) is 1. The number of amides is 1. The van der Waals surface area contributed by atoms with E-state index in [-0.39, 0.29) is 24.1 Å². The minimum absolute atomic E-state index is 0. The molecule has 1 aliphatic heterocycles. The lowest BCUT2D eigenvalue weighted by molar-refractivity contribution is 0.0703. The zero-order valence-corrected chi connectivity index (χ0v) is 12.7. The molecule has 20 heavy (non-hydrogen) atoms. The molecule has 0 aromatic heterocycles. The van der Waals surface area contributed by atoms with Crippen LogP contribution in [0.15, 0.2) is 24.3 Å². The van der Waals surface area contributed by atoms with Crippen LogP contribution in [0.25, 0.3) is 0 Å². The second kappa shape index (κ2) is 7.41. The summed E-state index contributed by atoms with van der Waals surface area (Å²) in [6.45, 7) is 2.99. The molecular weight excluding hydrogens is 276 g/mol. The number of rotatable bonds is 3. The minimum Gasteiger partial charge on any atom is -0.339 e. The van der Waals surface area contributed by atoms with Gasteiger partial charge in [0, 0.05) is 24.7 Å². The highest BCUT2D eigenvalue weighted by atomic mass is 35.5. The summed E-state index contributed by atoms with van der Waals surface area (Å²) in [6, 6.07) is 7.55. The van der Waals surface area contributed by atoms with Gasteiger partial charge in [-0.15, -0.1) is 12.4 Å². The van der Waals surface area contributed by atoms with E-state index in [1.807, 2.05) is 11.9 Å². The van der Waals surface area contributed by atoms with Crippen LogP contribution in [0, 0.1) is 0 Å². The van der Waals surface area contributed by atoms with Gasteiger partial charge in [0.05, 0.1) is 5.56 Å². The largest absolute Gasteiger partial charge is 0.339 e. The summed E-state index contributed by atoms with van der Waals surface area (Å²) in [6.07, 6.45) is 1.93. The van der Waals surface area contributed by atoms with Crippen LogP contribution in [-0.2, 0) is 0 Å². The molecule has 0 bridgehead atoms. The molecule has 0 atom stereocenters. The van der Waals surface area contributed by atoms with Gasteiger partial charge in [-0.05, 0) is 32.9 Å². The Hall–Kier alpha value is -1.39. The molecule has 0 spiro atoms. The number of nitrogens with zero attached hydrogens (tertiary/aromatic N) is 1. The quantitative estimate of drug-likeness (QED) is 0.870. The first-order valence-corrected chi connectivity index (χ1v) is 6.70. The van der Waals surface area contributed by atoms with Crippen molar-refractivity contribution in [3.8, 4) is 0 Å². The predicted octanol–water partition coefficient (Wildman–Crippen LogP) is 2.14. The first-order valence-electron chi connectivity index (χ1n) is 6.70. The highest BCUT2D eigenvalue weighted by Gasteiger charge is 2.24. The van der Waals surface area contributed by atoms with E-state index in [9.17, 15) is 9.59 Å². The molecule has 1 fully saturated rings. The van der Waals surface area contributed by atoms with E-state index in [0.29, 0.717) is 17.2 Å². The van der Waals surface area contributed by atoms with Crippen LogP contribution in [0.5, 0.6) is 0 Å². The monoisotopic (exact) mass is 296 g/mol. The van der Waals surface area contributed by atoms with Crippen LogP contribution in [0.2, 0.25) is 0 Å². The molecule has 1 aromatic carbocycles. The summed E-state index contributed by atoms with van der Waals surface area (Å²) in [5.41, 5.74) is 1.04. The third kappa shape index (κ3) is 3.58. The Kier molecular flexibility index (Phi) is 6.17. The number of Topliss-reactive ketones (excluding diaryl/α,β-unsaturated/α-hetero) is 1. The Labute approximate surface area is 125 Å². The van der Waals surface area contributed by atoms with Crippen molar-refractivity contribution in [1.82, 2.24) is 10.2 Å². The van der Waals surface area contributed by atoms with Crippen molar-refractivity contribution in [2.45, 2.75) is 25.8 Å². The Balaban J connectivity index is 0.00000200. The molecule has 4 nitrogen and oxygen atoms in total. The number of halogens is 1. The molecule has 5 heteroatoms. The van der Waals surface area contributed by atoms with Crippen LogP contribution in [0.4, 0.5) is 0 Å². The number of carbonyl (C=O) groups excluding carboxylic acids is 2. The van der Waals surface area contributed by atoms with Crippen LogP contribution < -0.4 is 5.32 Å². The fourth-order valence-corrected chi connectivity index (χ4v) is 2.52. The van der Waals surface area contributed by atoms with Crippen molar-refractivity contribution < 1.29 is 9.59 Å². The molecule has 0 unspecified atom stereocenters. The van der Waals surface area contributed by atoms with Gasteiger partial charge in [0.2, 0.25) is 0 Å². The zero-order valence-electron chi connectivity index (χ0n) is 11.9. The molecule has 1 amide bonds. The molecule has 110 valence electrons. The van der Waals surface area contributed by atoms with Crippen LogP contribution in [0.3, 0.4) is 0 Å². The van der Waals surface area contributed by atoms with Gasteiger partial charge >= 0.3 is 0 Å². The lowest BCUT2D eigenvalue weighted by Gasteiger charge is -2.32. The summed E-state index contributed by atoms with van der Waals surface area (Å²) < 4.78 is 0. The van der Waals surface area contributed by atoms with Crippen LogP contribution >= 0.6 is 12.4 Å². The topological polar surface area (TPSA) is 49.4 Å². The van der Waals surface area contributed by atoms with Gasteiger partial charge in [-0.3, -0.25) is 9.59 Å². The number of piperidine rings is 1. The molecule has 2 rings (SSSR count). The SMILES string of the molecule is CNC1CCN(C(=O)c2ccccc2C(C)=O)CC1.Cl. The van der Waals surface area contributed by atoms with E-state index < -0.39 is 0 Å². The standard InChI is InChI=1S/C15H20N2O2.ClH/c1-11(18)13-5-3-4-6-14(13)15(19)17-9-7-12(16-2)8-10-17;/h3-6,12,16H,7-10H2,1-2H3;1H. The van der Waals surface area contributed by atoms with Gasteiger partial charge in [0.15, 0.2) is 5.78 Å². The zero-order chi connectivity index (χ0) is 13.8. The predicted molar refractivity (Wildman–Crippen MR) is 81.7 cm³/mol. The van der Waals surface area contributed by atoms with Crippen molar-refractivity contribution in [2.24, 2.45) is 0 Å². The first kappa shape index (κ1) is 16.7. The van der Waals surface area contributed by atoms with Gasteiger partial charge in [-0.25, -0.2) is 0 Å². The molecule has 0 radical (unpaired) electrons. The number of ketones is 1. The van der Waals surface area contributed by atoms with Crippen LogP contribution in [0.1, 0.15) is 40.5 Å². The molecule has 1 heterocycles. The minimum atomic E-state index is -0.0611. The third-order valence-electron chi connectivity index (χ3n) is 3.73. The number of benzene rings is 1. The second-order valence-corrected chi connectivity index (χ2v) is 4.96. The molecule has 1 aromatic rings. The normalized spacial score (nSPS) is 15.6. The van der Waals surface area contributed by atoms with Crippen molar-refractivity contribution in [3.63, 3.8) is 0 Å². The van der Waals surface area contributed by atoms with E-state index in [1.54, 1.807) is 24.3 Å². The van der Waals surface area contributed by atoms with E-state index >= 15 is 0 Å². The summed E-state index contributed by atoms with van der Waals surface area (Å²) in [5, 5.41) is 3.24. The van der Waals surface area contributed by atoms with E-state index in [4.69, 9.17) is 0 Å². The highest BCUT2D eigenvalue weighted by Crippen LogP contribution is 2.17. The summed E-state index contributed by atoms with van der Waals surface area (Å²) in [5.74, 6) is -0.0885. The number of hydrogen-bond acceptors (Lipinski definition) is 3. The fourth-order valence-electron chi connectivity index (χ4n) is 2.52. The Bertz CT molecular complexity index is 483. The summed E-state index contributed by atoms with van der Waals surface area (Å²) in [4.78, 5) is 25.9. The maximum absolute atomic E-state index is 12.5. The Morgan fingerprint density at radius 1 is 1.15 bits per heavy atom. The van der Waals surface area contributed by atoms with Gasteiger partial charge in [-0.1, -0.05) is 18.2 Å². The third-order valence-corrected chi connectivity index (χ3v) is 3.73. The second-order valence-electron chi connectivity index (χ2n) is 4.96. The smallest absolute Gasteiger partial charge is 0.254 e. The maximum Gasteiger partial charge on any atom is 0.254 e. The number of hydrogen-bond donors (Lipinski definition) is 1. The molecule has 1 aliphatic rings. The van der Waals surface area contributed by atoms with Gasteiger partial charge in [0.1, 0.15) is 0 Å². The lowest BCUT2D eigenvalue weighted by Crippen LogP contribution is -2.44. The Morgan fingerprint density at radius 3 is 2.20 bits per heavy atom. The lowest BCUT2D eigenvalue weighted by atomic mass is 10.0. The summed E-state index contributed by atoms with van der Waals surface area (Å²) >= 11 is 0. The van der Waals surface area contributed by atoms with Gasteiger partial charge in [-0.2, -0.15) is 0 Å². The summed E-state index contributed by atoms with van der Waals surface area (Å²) in [7, 11) is 1.95. The number of carbonyl (C=O) groups is 2. The number of nitrogens with one attached hydrogen (secondary N) is 1.